The van der Waals surface area contributed by atoms with Crippen molar-refractivity contribution in [1.82, 2.24) is 14.8 Å². The Morgan fingerprint density at radius 2 is 1.73 bits per heavy atom. The zero-order valence-corrected chi connectivity index (χ0v) is 17.5. The Labute approximate surface area is 178 Å². The van der Waals surface area contributed by atoms with Gasteiger partial charge < -0.3 is 9.80 Å². The van der Waals surface area contributed by atoms with E-state index < -0.39 is 0 Å². The molecule has 5 heteroatoms. The lowest BCUT2D eigenvalue weighted by Crippen LogP contribution is -2.39. The molecule has 2 amide bonds. The van der Waals surface area contributed by atoms with Crippen LogP contribution >= 0.6 is 0 Å². The minimum absolute atomic E-state index is 0.00591. The van der Waals surface area contributed by atoms with E-state index >= 15 is 0 Å². The molecule has 156 valence electrons. The highest BCUT2D eigenvalue weighted by Gasteiger charge is 2.50. The van der Waals surface area contributed by atoms with Gasteiger partial charge in [-0.05, 0) is 37.5 Å². The van der Waals surface area contributed by atoms with E-state index in [1.54, 1.807) is 6.20 Å². The molecule has 2 aliphatic heterocycles. The van der Waals surface area contributed by atoms with E-state index in [0.717, 1.165) is 37.2 Å². The van der Waals surface area contributed by atoms with Gasteiger partial charge in [-0.15, -0.1) is 0 Å². The zero-order chi connectivity index (χ0) is 20.7. The largest absolute Gasteiger partial charge is 0.342 e. The number of aromatic nitrogens is 1. The van der Waals surface area contributed by atoms with Crippen molar-refractivity contribution in [2.75, 3.05) is 19.6 Å². The first-order chi connectivity index (χ1) is 14.6. The summed E-state index contributed by atoms with van der Waals surface area (Å²) in [6, 6.07) is 14.1. The van der Waals surface area contributed by atoms with Crippen LogP contribution in [0.3, 0.4) is 0 Å². The van der Waals surface area contributed by atoms with Crippen LogP contribution in [-0.4, -0.2) is 46.2 Å². The van der Waals surface area contributed by atoms with Crippen LogP contribution < -0.4 is 0 Å². The van der Waals surface area contributed by atoms with Crippen LogP contribution in [0.2, 0.25) is 0 Å². The van der Waals surface area contributed by atoms with Gasteiger partial charge in [0.1, 0.15) is 0 Å². The fraction of sp³-hybridized carbons (Fsp3) is 0.480. The maximum absolute atomic E-state index is 13.4. The summed E-state index contributed by atoms with van der Waals surface area (Å²) in [6.07, 6.45) is 6.12. The van der Waals surface area contributed by atoms with Crippen molar-refractivity contribution < 1.29 is 9.59 Å². The summed E-state index contributed by atoms with van der Waals surface area (Å²) in [7, 11) is 0. The second-order valence-corrected chi connectivity index (χ2v) is 9.15. The minimum Gasteiger partial charge on any atom is -0.342 e. The molecule has 3 fully saturated rings. The third-order valence-electron chi connectivity index (χ3n) is 7.24. The number of fused-ring (bicyclic) bond motifs is 1. The second-order valence-electron chi connectivity index (χ2n) is 9.15. The molecule has 5 nitrogen and oxygen atoms in total. The van der Waals surface area contributed by atoms with E-state index in [2.05, 4.69) is 22.0 Å². The van der Waals surface area contributed by atoms with Gasteiger partial charge in [0.15, 0.2) is 0 Å². The normalized spacial score (nSPS) is 26.2. The maximum Gasteiger partial charge on any atom is 0.255 e. The van der Waals surface area contributed by atoms with Crippen LogP contribution in [0.15, 0.2) is 48.7 Å². The Balaban J connectivity index is 1.41. The molecular weight excluding hydrogens is 374 g/mol. The second kappa shape index (κ2) is 7.86. The number of carbonyl (C=O) groups excluding carboxylic acids is 2. The fourth-order valence-corrected chi connectivity index (χ4v) is 5.70. The Morgan fingerprint density at radius 1 is 0.967 bits per heavy atom. The van der Waals surface area contributed by atoms with Gasteiger partial charge in [-0.2, -0.15) is 0 Å². The van der Waals surface area contributed by atoms with E-state index in [0.29, 0.717) is 29.9 Å². The molecule has 0 bridgehead atoms. The Kier molecular flexibility index (Phi) is 5.05. The van der Waals surface area contributed by atoms with Crippen molar-refractivity contribution in [1.29, 1.82) is 0 Å². The fourth-order valence-electron chi connectivity index (χ4n) is 5.70. The number of carbonyl (C=O) groups is 2. The molecule has 5 rings (SSSR count). The van der Waals surface area contributed by atoms with Crippen LogP contribution in [0.4, 0.5) is 0 Å². The molecule has 1 saturated carbocycles. The molecule has 30 heavy (non-hydrogen) atoms. The van der Waals surface area contributed by atoms with Gasteiger partial charge in [-0.1, -0.05) is 43.2 Å². The van der Waals surface area contributed by atoms with Crippen LogP contribution in [-0.2, 0) is 4.79 Å². The standard InChI is InChI=1S/C25H29N3O2/c1-17-11-12-20(13-26-17)25(30)28-15-21-14-27(24(29)19-9-5-6-10-19)16-22(21)23(28)18-7-3-2-4-8-18/h2-4,7-8,11-13,19,21-23H,5-6,9-10,14-16H2,1H3/t21-,22-,23+/m0/s1. The first-order valence-corrected chi connectivity index (χ1v) is 11.2. The van der Waals surface area contributed by atoms with E-state index in [9.17, 15) is 9.59 Å². The van der Waals surface area contributed by atoms with Gasteiger partial charge >= 0.3 is 0 Å². The summed E-state index contributed by atoms with van der Waals surface area (Å²) >= 11 is 0. The zero-order valence-electron chi connectivity index (χ0n) is 17.5. The third-order valence-corrected chi connectivity index (χ3v) is 7.24. The minimum atomic E-state index is 0.00591. The molecule has 0 unspecified atom stereocenters. The average Bonchev–Trinajstić information content (AvgIpc) is 3.50. The quantitative estimate of drug-likeness (QED) is 0.782. The number of benzene rings is 1. The first kappa shape index (κ1) is 19.3. The van der Waals surface area contributed by atoms with Gasteiger partial charge in [0.25, 0.3) is 5.91 Å². The van der Waals surface area contributed by atoms with Crippen molar-refractivity contribution in [2.45, 2.75) is 38.6 Å². The number of aryl methyl sites for hydroxylation is 1. The van der Waals surface area contributed by atoms with Crippen molar-refractivity contribution in [3.05, 3.63) is 65.5 Å². The summed E-state index contributed by atoms with van der Waals surface area (Å²) in [5, 5.41) is 0. The number of hydrogen-bond acceptors (Lipinski definition) is 3. The number of rotatable bonds is 3. The molecule has 0 spiro atoms. The number of likely N-dealkylation sites (tertiary alicyclic amines) is 2. The Hall–Kier alpha value is -2.69. The van der Waals surface area contributed by atoms with Gasteiger partial charge in [-0.25, -0.2) is 0 Å². The Bertz CT molecular complexity index is 921. The summed E-state index contributed by atoms with van der Waals surface area (Å²) in [5.74, 6) is 1.23. The SMILES string of the molecule is Cc1ccc(C(=O)N2C[C@@H]3CN(C(=O)C4CCCC4)C[C@@H]3[C@H]2c2ccccc2)cn1. The van der Waals surface area contributed by atoms with Crippen LogP contribution in [0.5, 0.6) is 0 Å². The smallest absolute Gasteiger partial charge is 0.255 e. The molecule has 0 radical (unpaired) electrons. The molecule has 0 N–H and O–H groups in total. The molecule has 3 heterocycles. The number of nitrogens with zero attached hydrogens (tertiary/aromatic N) is 3. The maximum atomic E-state index is 13.4. The summed E-state index contributed by atoms with van der Waals surface area (Å²) in [6.45, 7) is 4.16. The number of amides is 2. The average molecular weight is 404 g/mol. The van der Waals surface area contributed by atoms with E-state index in [1.807, 2.05) is 42.2 Å². The molecule has 3 atom stereocenters. The monoisotopic (exact) mass is 403 g/mol. The molecule has 2 saturated heterocycles. The van der Waals surface area contributed by atoms with Gasteiger partial charge in [0.2, 0.25) is 5.91 Å². The Morgan fingerprint density at radius 3 is 2.43 bits per heavy atom. The first-order valence-electron chi connectivity index (χ1n) is 11.2. The molecular formula is C25H29N3O2. The molecule has 1 aromatic carbocycles. The highest BCUT2D eigenvalue weighted by Crippen LogP contribution is 2.46. The van der Waals surface area contributed by atoms with Crippen LogP contribution in [0.1, 0.15) is 53.3 Å². The van der Waals surface area contributed by atoms with Crippen LogP contribution in [0.25, 0.3) is 0 Å². The van der Waals surface area contributed by atoms with Crippen molar-refractivity contribution in [2.24, 2.45) is 17.8 Å². The predicted molar refractivity (Wildman–Crippen MR) is 115 cm³/mol. The molecule has 1 aromatic heterocycles. The topological polar surface area (TPSA) is 53.5 Å². The lowest BCUT2D eigenvalue weighted by atomic mass is 9.89. The molecule has 1 aliphatic carbocycles. The molecule has 2 aromatic rings. The number of pyridine rings is 1. The summed E-state index contributed by atoms with van der Waals surface area (Å²) in [4.78, 5) is 34.9. The highest BCUT2D eigenvalue weighted by molar-refractivity contribution is 5.94. The number of hydrogen-bond donors (Lipinski definition) is 0. The van der Waals surface area contributed by atoms with Crippen molar-refractivity contribution in [3.8, 4) is 0 Å². The van der Waals surface area contributed by atoms with Crippen molar-refractivity contribution >= 4 is 11.8 Å². The van der Waals surface area contributed by atoms with E-state index in [1.165, 1.54) is 12.8 Å². The summed E-state index contributed by atoms with van der Waals surface area (Å²) < 4.78 is 0. The van der Waals surface area contributed by atoms with Crippen LogP contribution in [0, 0.1) is 24.7 Å². The van der Waals surface area contributed by atoms with E-state index in [4.69, 9.17) is 0 Å². The molecule has 3 aliphatic rings. The van der Waals surface area contributed by atoms with E-state index in [-0.39, 0.29) is 17.9 Å². The van der Waals surface area contributed by atoms with Gasteiger partial charge in [0, 0.05) is 49.3 Å². The third kappa shape index (κ3) is 3.40. The summed E-state index contributed by atoms with van der Waals surface area (Å²) in [5.41, 5.74) is 2.71. The lowest BCUT2D eigenvalue weighted by molar-refractivity contribution is -0.134. The van der Waals surface area contributed by atoms with Gasteiger partial charge in [-0.3, -0.25) is 14.6 Å². The van der Waals surface area contributed by atoms with Crippen molar-refractivity contribution in [3.63, 3.8) is 0 Å². The highest BCUT2D eigenvalue weighted by atomic mass is 16.2. The lowest BCUT2D eigenvalue weighted by Gasteiger charge is -2.30. The van der Waals surface area contributed by atoms with Gasteiger partial charge in [0.05, 0.1) is 11.6 Å². The predicted octanol–water partition coefficient (Wildman–Crippen LogP) is 3.85.